The summed E-state index contributed by atoms with van der Waals surface area (Å²) in [4.78, 5) is 17.6. The number of rotatable bonds is 4. The van der Waals surface area contributed by atoms with Crippen LogP contribution in [-0.4, -0.2) is 17.1 Å². The zero-order valence-electron chi connectivity index (χ0n) is 11.2. The number of hydrogen-bond acceptors (Lipinski definition) is 5. The predicted octanol–water partition coefficient (Wildman–Crippen LogP) is 4.29. The van der Waals surface area contributed by atoms with Crippen LogP contribution < -0.4 is 0 Å². The quantitative estimate of drug-likeness (QED) is 0.791. The Morgan fingerprint density at radius 1 is 1.30 bits per heavy atom. The fourth-order valence-electron chi connectivity index (χ4n) is 2.46. The third-order valence-corrected chi connectivity index (χ3v) is 5.39. The van der Waals surface area contributed by atoms with Crippen LogP contribution in [0.4, 0.5) is 0 Å². The Hall–Kier alpha value is -1.20. The molecule has 2 aromatic heterocycles. The third-order valence-electron chi connectivity index (χ3n) is 3.46. The third kappa shape index (κ3) is 3.46. The number of ether oxygens (including phenoxy) is 1. The maximum atomic E-state index is 11.9. The van der Waals surface area contributed by atoms with Gasteiger partial charge in [0.25, 0.3) is 0 Å². The van der Waals surface area contributed by atoms with Crippen molar-refractivity contribution in [3.05, 3.63) is 28.6 Å². The Balaban J connectivity index is 1.56. The molecule has 106 valence electrons. The normalized spacial score (nSPS) is 16.2. The molecule has 1 saturated carbocycles. The lowest BCUT2D eigenvalue weighted by Crippen LogP contribution is -2.22. The van der Waals surface area contributed by atoms with Gasteiger partial charge in [0.15, 0.2) is 0 Å². The molecule has 0 bridgehead atoms. The van der Waals surface area contributed by atoms with Crippen LogP contribution in [0.25, 0.3) is 9.88 Å². The van der Waals surface area contributed by atoms with Crippen molar-refractivity contribution >= 4 is 28.6 Å². The summed E-state index contributed by atoms with van der Waals surface area (Å²) in [6, 6.07) is 4.06. The summed E-state index contributed by atoms with van der Waals surface area (Å²) in [6.07, 6.45) is 6.08. The minimum absolute atomic E-state index is 0.131. The lowest BCUT2D eigenvalue weighted by molar-refractivity contribution is -0.149. The number of aromatic nitrogens is 1. The zero-order chi connectivity index (χ0) is 13.8. The summed E-state index contributed by atoms with van der Waals surface area (Å²) in [5.74, 6) is -0.139. The van der Waals surface area contributed by atoms with E-state index in [1.165, 1.54) is 19.3 Å². The predicted molar refractivity (Wildman–Crippen MR) is 82.1 cm³/mol. The standard InChI is InChI=1S/C15H17NO2S2/c17-14(18-12-5-2-1-3-6-12)9-11-10-20-15(16-11)13-7-4-8-19-13/h4,7-8,10,12H,1-3,5-6,9H2. The van der Waals surface area contributed by atoms with E-state index in [9.17, 15) is 4.79 Å². The molecule has 0 amide bonds. The molecule has 0 aliphatic heterocycles. The van der Waals surface area contributed by atoms with Crippen molar-refractivity contribution in [2.75, 3.05) is 0 Å². The number of nitrogens with zero attached hydrogens (tertiary/aromatic N) is 1. The van der Waals surface area contributed by atoms with Gasteiger partial charge in [-0.3, -0.25) is 4.79 Å². The molecule has 0 spiro atoms. The molecule has 20 heavy (non-hydrogen) atoms. The minimum atomic E-state index is -0.139. The van der Waals surface area contributed by atoms with E-state index in [1.54, 1.807) is 22.7 Å². The van der Waals surface area contributed by atoms with E-state index in [-0.39, 0.29) is 12.1 Å². The number of hydrogen-bond donors (Lipinski definition) is 0. The van der Waals surface area contributed by atoms with E-state index in [0.717, 1.165) is 28.4 Å². The van der Waals surface area contributed by atoms with Crippen LogP contribution in [0.2, 0.25) is 0 Å². The highest BCUT2D eigenvalue weighted by molar-refractivity contribution is 7.20. The van der Waals surface area contributed by atoms with Gasteiger partial charge in [-0.1, -0.05) is 12.5 Å². The average Bonchev–Trinajstić information content (AvgIpc) is 3.10. The van der Waals surface area contributed by atoms with Crippen LogP contribution in [0, 0.1) is 0 Å². The highest BCUT2D eigenvalue weighted by atomic mass is 32.1. The van der Waals surface area contributed by atoms with Gasteiger partial charge in [-0.2, -0.15) is 0 Å². The molecular formula is C15H17NO2S2. The summed E-state index contributed by atoms with van der Waals surface area (Å²) in [5, 5.41) is 4.98. The van der Waals surface area contributed by atoms with Crippen molar-refractivity contribution in [1.29, 1.82) is 0 Å². The van der Waals surface area contributed by atoms with Gasteiger partial charge >= 0.3 is 5.97 Å². The minimum Gasteiger partial charge on any atom is -0.462 e. The maximum absolute atomic E-state index is 11.9. The molecule has 1 aliphatic rings. The smallest absolute Gasteiger partial charge is 0.312 e. The lowest BCUT2D eigenvalue weighted by atomic mass is 9.98. The van der Waals surface area contributed by atoms with E-state index in [2.05, 4.69) is 4.98 Å². The summed E-state index contributed by atoms with van der Waals surface area (Å²) in [5.41, 5.74) is 0.819. The molecule has 5 heteroatoms. The Labute approximate surface area is 126 Å². The first-order valence-corrected chi connectivity index (χ1v) is 8.75. The number of thiazole rings is 1. The second-order valence-corrected chi connectivity index (χ2v) is 6.85. The fraction of sp³-hybridized carbons (Fsp3) is 0.467. The monoisotopic (exact) mass is 307 g/mol. The first-order valence-electron chi connectivity index (χ1n) is 6.99. The van der Waals surface area contributed by atoms with Crippen LogP contribution >= 0.6 is 22.7 Å². The van der Waals surface area contributed by atoms with Crippen molar-refractivity contribution in [2.24, 2.45) is 0 Å². The molecule has 1 aliphatic carbocycles. The van der Waals surface area contributed by atoms with Gasteiger partial charge in [0.1, 0.15) is 11.1 Å². The highest BCUT2D eigenvalue weighted by Gasteiger charge is 2.18. The summed E-state index contributed by atoms with van der Waals surface area (Å²) < 4.78 is 5.52. The molecule has 2 aromatic rings. The first-order chi connectivity index (χ1) is 9.81. The van der Waals surface area contributed by atoms with E-state index in [4.69, 9.17) is 4.74 Å². The molecule has 0 unspecified atom stereocenters. The fourth-order valence-corrected chi connectivity index (χ4v) is 4.09. The Kier molecular flexibility index (Phi) is 4.47. The molecule has 0 atom stereocenters. The Morgan fingerprint density at radius 3 is 2.90 bits per heavy atom. The van der Waals surface area contributed by atoms with E-state index in [1.807, 2.05) is 22.9 Å². The summed E-state index contributed by atoms with van der Waals surface area (Å²) >= 11 is 3.26. The second kappa shape index (κ2) is 6.50. The molecule has 3 nitrogen and oxygen atoms in total. The van der Waals surface area contributed by atoms with Crippen LogP contribution in [0.3, 0.4) is 0 Å². The molecule has 2 heterocycles. The zero-order valence-corrected chi connectivity index (χ0v) is 12.8. The summed E-state index contributed by atoms with van der Waals surface area (Å²) in [6.45, 7) is 0. The number of thiophene rings is 1. The van der Waals surface area contributed by atoms with E-state index >= 15 is 0 Å². The van der Waals surface area contributed by atoms with Crippen molar-refractivity contribution < 1.29 is 9.53 Å². The second-order valence-electron chi connectivity index (χ2n) is 5.05. The topological polar surface area (TPSA) is 39.2 Å². The van der Waals surface area contributed by atoms with Crippen LogP contribution in [0.15, 0.2) is 22.9 Å². The molecule has 0 saturated heterocycles. The van der Waals surface area contributed by atoms with Crippen LogP contribution in [0.5, 0.6) is 0 Å². The molecule has 0 N–H and O–H groups in total. The Bertz CT molecular complexity index is 556. The van der Waals surface area contributed by atoms with Crippen LogP contribution in [0.1, 0.15) is 37.8 Å². The molecule has 0 radical (unpaired) electrons. The summed E-state index contributed by atoms with van der Waals surface area (Å²) in [7, 11) is 0. The molecular weight excluding hydrogens is 290 g/mol. The SMILES string of the molecule is O=C(Cc1csc(-c2cccs2)n1)OC1CCCCC1. The largest absolute Gasteiger partial charge is 0.462 e. The van der Waals surface area contributed by atoms with E-state index in [0.29, 0.717) is 6.42 Å². The molecule has 1 fully saturated rings. The van der Waals surface area contributed by atoms with Crippen molar-refractivity contribution in [1.82, 2.24) is 4.98 Å². The van der Waals surface area contributed by atoms with Gasteiger partial charge in [-0.25, -0.2) is 4.98 Å². The van der Waals surface area contributed by atoms with Gasteiger partial charge in [0.05, 0.1) is 17.0 Å². The van der Waals surface area contributed by atoms with Crippen molar-refractivity contribution in [3.8, 4) is 9.88 Å². The highest BCUT2D eigenvalue weighted by Crippen LogP contribution is 2.28. The van der Waals surface area contributed by atoms with Gasteiger partial charge in [0.2, 0.25) is 0 Å². The lowest BCUT2D eigenvalue weighted by Gasteiger charge is -2.21. The molecule has 0 aromatic carbocycles. The van der Waals surface area contributed by atoms with Crippen molar-refractivity contribution in [3.63, 3.8) is 0 Å². The average molecular weight is 307 g/mol. The van der Waals surface area contributed by atoms with Gasteiger partial charge in [0, 0.05) is 5.38 Å². The van der Waals surface area contributed by atoms with Gasteiger partial charge in [-0.15, -0.1) is 22.7 Å². The number of esters is 1. The number of carbonyl (C=O) groups is 1. The number of carbonyl (C=O) groups excluding carboxylic acids is 1. The van der Waals surface area contributed by atoms with Gasteiger partial charge < -0.3 is 4.74 Å². The molecule has 3 rings (SSSR count). The van der Waals surface area contributed by atoms with Crippen molar-refractivity contribution in [2.45, 2.75) is 44.6 Å². The Morgan fingerprint density at radius 2 is 2.15 bits per heavy atom. The maximum Gasteiger partial charge on any atom is 0.312 e. The van der Waals surface area contributed by atoms with Crippen LogP contribution in [-0.2, 0) is 16.0 Å². The van der Waals surface area contributed by atoms with Gasteiger partial charge in [-0.05, 0) is 37.1 Å². The first kappa shape index (κ1) is 13.8. The van der Waals surface area contributed by atoms with E-state index < -0.39 is 0 Å².